The number of nitrogens with zero attached hydrogens (tertiary/aromatic N) is 1. The predicted molar refractivity (Wildman–Crippen MR) is 81.2 cm³/mol. The van der Waals surface area contributed by atoms with E-state index in [2.05, 4.69) is 15.9 Å². The summed E-state index contributed by atoms with van der Waals surface area (Å²) in [6.07, 6.45) is -4.41. The Labute approximate surface area is 144 Å². The monoisotopic (exact) mass is 431 g/mol. The lowest BCUT2D eigenvalue weighted by Crippen LogP contribution is -2.26. The van der Waals surface area contributed by atoms with E-state index < -0.39 is 37.9 Å². The molecule has 24 heavy (non-hydrogen) atoms. The van der Waals surface area contributed by atoms with Gasteiger partial charge in [0.05, 0.1) is 22.3 Å². The second kappa shape index (κ2) is 6.96. The first kappa shape index (κ1) is 19.1. The molecule has 11 heteroatoms. The van der Waals surface area contributed by atoms with Gasteiger partial charge in [0, 0.05) is 17.0 Å². The number of nitro groups is 1. The number of benzene rings is 1. The smallest absolute Gasteiger partial charge is 0.266 e. The minimum absolute atomic E-state index is 0.153. The molecule has 0 spiro atoms. The third kappa shape index (κ3) is 4.45. The number of non-ortho nitro benzene ring substituents is 1. The van der Waals surface area contributed by atoms with Crippen molar-refractivity contribution in [3.8, 4) is 0 Å². The summed E-state index contributed by atoms with van der Waals surface area (Å²) in [6.45, 7) is -0.367. The Morgan fingerprint density at radius 3 is 2.29 bits per heavy atom. The Kier molecular flexibility index (Phi) is 5.55. The van der Waals surface area contributed by atoms with E-state index in [1.54, 1.807) is 0 Å². The first-order chi connectivity index (χ1) is 11.0. The average Bonchev–Trinajstić information content (AvgIpc) is 2.87. The van der Waals surface area contributed by atoms with E-state index in [0.29, 0.717) is 0 Å². The van der Waals surface area contributed by atoms with E-state index >= 15 is 0 Å². The van der Waals surface area contributed by atoms with Gasteiger partial charge in [-0.15, -0.1) is 0 Å². The second-order valence-electron chi connectivity index (χ2n) is 5.49. The Bertz CT molecular complexity index is 707. The molecule has 1 fully saturated rings. The molecule has 1 aromatic carbocycles. The van der Waals surface area contributed by atoms with Crippen molar-refractivity contribution in [1.29, 1.82) is 0 Å². The minimum Gasteiger partial charge on any atom is -0.266 e. The molecular formula is C13H13BrF3NO5S. The Balaban J connectivity index is 1.99. The highest BCUT2D eigenvalue weighted by Gasteiger charge is 2.49. The number of rotatable bonds is 5. The molecule has 0 saturated heterocycles. The summed E-state index contributed by atoms with van der Waals surface area (Å²) in [4.78, 5) is 8.80. The summed E-state index contributed by atoms with van der Waals surface area (Å²) in [7, 11) is -4.18. The zero-order valence-corrected chi connectivity index (χ0v) is 14.5. The third-order valence-electron chi connectivity index (χ3n) is 3.80. The Morgan fingerprint density at radius 2 is 1.83 bits per heavy atom. The molecule has 1 aliphatic carbocycles. The number of hydrogen-bond donors (Lipinski definition) is 0. The van der Waals surface area contributed by atoms with Crippen molar-refractivity contribution in [3.63, 3.8) is 0 Å². The largest absolute Gasteiger partial charge is 0.392 e. The molecule has 0 radical (unpaired) electrons. The number of hydrogen-bond acceptors (Lipinski definition) is 5. The summed E-state index contributed by atoms with van der Waals surface area (Å²) < 4.78 is 67.2. The van der Waals surface area contributed by atoms with Crippen molar-refractivity contribution in [2.24, 2.45) is 11.8 Å². The van der Waals surface area contributed by atoms with E-state index in [9.17, 15) is 31.7 Å². The van der Waals surface area contributed by atoms with Crippen LogP contribution in [-0.2, 0) is 14.3 Å². The zero-order valence-electron chi connectivity index (χ0n) is 12.1. The first-order valence-electron chi connectivity index (χ1n) is 6.85. The van der Waals surface area contributed by atoms with Crippen LogP contribution < -0.4 is 0 Å². The maximum Gasteiger partial charge on any atom is 0.392 e. The molecule has 0 heterocycles. The van der Waals surface area contributed by atoms with Crippen LogP contribution in [0.4, 0.5) is 18.9 Å². The van der Waals surface area contributed by atoms with Crippen LogP contribution >= 0.6 is 15.9 Å². The number of nitro benzene ring substituents is 1. The summed E-state index contributed by atoms with van der Waals surface area (Å²) in [6, 6.07) is 4.07. The molecule has 0 amide bonds. The van der Waals surface area contributed by atoms with Crippen LogP contribution in [0.15, 0.2) is 29.2 Å². The summed E-state index contributed by atoms with van der Waals surface area (Å²) in [5.41, 5.74) is -0.278. The molecular weight excluding hydrogens is 419 g/mol. The Hall–Kier alpha value is -1.20. The zero-order chi connectivity index (χ0) is 18.1. The lowest BCUT2D eigenvalue weighted by atomic mass is 10.1. The topological polar surface area (TPSA) is 86.5 Å². The van der Waals surface area contributed by atoms with Gasteiger partial charge in [0.1, 0.15) is 0 Å². The quantitative estimate of drug-likeness (QED) is 0.307. The molecule has 0 aliphatic heterocycles. The minimum atomic E-state index is -4.35. The molecule has 0 aromatic heterocycles. The highest BCUT2D eigenvalue weighted by molar-refractivity contribution is 9.09. The van der Waals surface area contributed by atoms with Crippen molar-refractivity contribution in [1.82, 2.24) is 0 Å². The number of alkyl halides is 4. The molecule has 6 nitrogen and oxygen atoms in total. The molecule has 3 unspecified atom stereocenters. The maximum atomic E-state index is 12.8. The molecule has 134 valence electrons. The molecule has 1 saturated carbocycles. The first-order valence-corrected chi connectivity index (χ1v) is 9.18. The van der Waals surface area contributed by atoms with Gasteiger partial charge in [0.2, 0.25) is 0 Å². The summed E-state index contributed by atoms with van der Waals surface area (Å²) in [5.74, 6) is -2.08. The van der Waals surface area contributed by atoms with Crippen LogP contribution in [0.3, 0.4) is 0 Å². The van der Waals surface area contributed by atoms with Gasteiger partial charge >= 0.3 is 6.18 Å². The van der Waals surface area contributed by atoms with E-state index in [-0.39, 0.29) is 30.0 Å². The fourth-order valence-corrected chi connectivity index (χ4v) is 4.57. The fraction of sp³-hybridized carbons (Fsp3) is 0.538. The molecule has 0 bridgehead atoms. The van der Waals surface area contributed by atoms with Crippen LogP contribution in [-0.4, -0.2) is 31.0 Å². The van der Waals surface area contributed by atoms with Gasteiger partial charge in [0.25, 0.3) is 15.8 Å². The van der Waals surface area contributed by atoms with Gasteiger partial charge in [0.15, 0.2) is 0 Å². The van der Waals surface area contributed by atoms with Crippen LogP contribution in [0, 0.1) is 22.0 Å². The third-order valence-corrected chi connectivity index (χ3v) is 6.11. The highest BCUT2D eigenvalue weighted by Crippen LogP contribution is 2.45. The van der Waals surface area contributed by atoms with Crippen LogP contribution in [0.25, 0.3) is 0 Å². The summed E-state index contributed by atoms with van der Waals surface area (Å²) in [5, 5.41) is 10.5. The van der Waals surface area contributed by atoms with Gasteiger partial charge in [-0.2, -0.15) is 21.6 Å². The molecule has 3 atom stereocenters. The highest BCUT2D eigenvalue weighted by atomic mass is 79.9. The molecule has 0 N–H and O–H groups in total. The van der Waals surface area contributed by atoms with Gasteiger partial charge in [-0.3, -0.25) is 14.3 Å². The lowest BCUT2D eigenvalue weighted by molar-refractivity contribution is -0.384. The van der Waals surface area contributed by atoms with Gasteiger partial charge in [-0.1, -0.05) is 15.9 Å². The SMILES string of the molecule is O=[N+]([O-])c1ccc(S(=O)(=O)OCC2CC(Br)C(C(F)(F)F)C2)cc1. The van der Waals surface area contributed by atoms with Gasteiger partial charge in [-0.25, -0.2) is 0 Å². The van der Waals surface area contributed by atoms with Crippen molar-refractivity contribution in [2.75, 3.05) is 6.61 Å². The normalized spacial score (nSPS) is 24.9. The van der Waals surface area contributed by atoms with Crippen molar-refractivity contribution >= 4 is 31.7 Å². The second-order valence-corrected chi connectivity index (χ2v) is 8.28. The molecule has 2 rings (SSSR count). The van der Waals surface area contributed by atoms with Crippen molar-refractivity contribution < 1.29 is 30.7 Å². The van der Waals surface area contributed by atoms with Crippen LogP contribution in [0.2, 0.25) is 0 Å². The fourth-order valence-electron chi connectivity index (χ4n) is 2.55. The summed E-state index contributed by atoms with van der Waals surface area (Å²) >= 11 is 2.98. The van der Waals surface area contributed by atoms with Gasteiger partial charge < -0.3 is 0 Å². The predicted octanol–water partition coefficient (Wildman–Crippen LogP) is 3.65. The van der Waals surface area contributed by atoms with Gasteiger partial charge in [-0.05, 0) is 30.9 Å². The molecule has 1 aromatic rings. The van der Waals surface area contributed by atoms with Crippen molar-refractivity contribution in [3.05, 3.63) is 34.4 Å². The van der Waals surface area contributed by atoms with E-state index in [1.807, 2.05) is 0 Å². The average molecular weight is 432 g/mol. The van der Waals surface area contributed by atoms with Crippen molar-refractivity contribution in [2.45, 2.75) is 28.7 Å². The maximum absolute atomic E-state index is 12.8. The van der Waals surface area contributed by atoms with E-state index in [4.69, 9.17) is 4.18 Å². The van der Waals surface area contributed by atoms with E-state index in [1.165, 1.54) is 0 Å². The molecule has 1 aliphatic rings. The lowest BCUT2D eigenvalue weighted by Gasteiger charge is -2.17. The standard InChI is InChI=1S/C13H13BrF3NO5S/c14-12-6-8(5-11(12)13(15,16)17)7-23-24(21,22)10-3-1-9(2-4-10)18(19)20/h1-4,8,11-12H,5-7H2. The van der Waals surface area contributed by atoms with Crippen LogP contribution in [0.1, 0.15) is 12.8 Å². The Morgan fingerprint density at radius 1 is 1.25 bits per heavy atom. The van der Waals surface area contributed by atoms with E-state index in [0.717, 1.165) is 24.3 Å². The number of halogens is 4. The van der Waals surface area contributed by atoms with Crippen LogP contribution in [0.5, 0.6) is 0 Å².